The molecule has 1 N–H and O–H groups in total. The molecule has 21 heavy (non-hydrogen) atoms. The van der Waals surface area contributed by atoms with E-state index < -0.39 is 10.0 Å². The Bertz CT molecular complexity index is 361. The molecule has 0 aromatic heterocycles. The van der Waals surface area contributed by atoms with E-state index in [1.54, 1.807) is 0 Å². The summed E-state index contributed by atoms with van der Waals surface area (Å²) in [5.74, 6) is 0.270. The highest BCUT2D eigenvalue weighted by atomic mass is 32.2. The second kappa shape index (κ2) is 14.3. The normalized spacial score (nSPS) is 11.4. The first kappa shape index (κ1) is 20.4. The van der Waals surface area contributed by atoms with Crippen LogP contribution in [-0.4, -0.2) is 20.7 Å². The number of unbranched alkanes of at least 4 members (excludes halogenated alkanes) is 10. The number of hydrogen-bond acceptors (Lipinski definition) is 3. The SMILES string of the molecule is CCCCCCS(=O)(=O)NCCCCCCCCCC#N. The monoisotopic (exact) mass is 316 g/mol. The van der Waals surface area contributed by atoms with Gasteiger partial charge in [0, 0.05) is 13.0 Å². The van der Waals surface area contributed by atoms with Crippen LogP contribution >= 0.6 is 0 Å². The summed E-state index contributed by atoms with van der Waals surface area (Å²) in [6.45, 7) is 2.70. The highest BCUT2D eigenvalue weighted by Gasteiger charge is 2.08. The second-order valence-electron chi connectivity index (χ2n) is 5.66. The second-order valence-corrected chi connectivity index (χ2v) is 7.58. The van der Waals surface area contributed by atoms with Crippen molar-refractivity contribution in [2.45, 2.75) is 84.0 Å². The molecule has 0 aliphatic heterocycles. The van der Waals surface area contributed by atoms with Gasteiger partial charge in [0.2, 0.25) is 10.0 Å². The lowest BCUT2D eigenvalue weighted by molar-refractivity contribution is 0.558. The summed E-state index contributed by atoms with van der Waals surface area (Å²) in [4.78, 5) is 0. The molecule has 0 spiro atoms. The standard InChI is InChI=1S/C16H32N2O2S/c1-2-3-4-13-16-21(19,20)18-15-12-10-8-6-5-7-9-11-14-17/h18H,2-13,15-16H2,1H3. The summed E-state index contributed by atoms with van der Waals surface area (Å²) in [5, 5.41) is 8.41. The fraction of sp³-hybridized carbons (Fsp3) is 0.938. The minimum absolute atomic E-state index is 0.270. The molecule has 0 radical (unpaired) electrons. The topological polar surface area (TPSA) is 70.0 Å². The molecule has 0 bridgehead atoms. The van der Waals surface area contributed by atoms with Crippen LogP contribution in [0, 0.1) is 11.3 Å². The van der Waals surface area contributed by atoms with Gasteiger partial charge in [0.25, 0.3) is 0 Å². The first-order chi connectivity index (χ1) is 10.1. The highest BCUT2D eigenvalue weighted by molar-refractivity contribution is 7.89. The molecular weight excluding hydrogens is 284 g/mol. The number of nitrogens with one attached hydrogen (secondary N) is 1. The maximum atomic E-state index is 11.7. The minimum atomic E-state index is -3.05. The predicted molar refractivity (Wildman–Crippen MR) is 88.5 cm³/mol. The number of hydrogen-bond donors (Lipinski definition) is 1. The zero-order valence-electron chi connectivity index (χ0n) is 13.6. The molecule has 0 aliphatic carbocycles. The molecule has 0 aromatic rings. The lowest BCUT2D eigenvalue weighted by Gasteiger charge is -2.06. The molecule has 0 atom stereocenters. The zero-order chi connectivity index (χ0) is 15.8. The molecule has 124 valence electrons. The minimum Gasteiger partial charge on any atom is -0.215 e. The largest absolute Gasteiger partial charge is 0.215 e. The number of nitriles is 1. The van der Waals surface area contributed by atoms with E-state index in [0.29, 0.717) is 13.0 Å². The fourth-order valence-electron chi connectivity index (χ4n) is 2.23. The van der Waals surface area contributed by atoms with Gasteiger partial charge in [0.1, 0.15) is 0 Å². The molecular formula is C16H32N2O2S. The van der Waals surface area contributed by atoms with Crippen LogP contribution in [0.2, 0.25) is 0 Å². The Hall–Kier alpha value is -0.600. The lowest BCUT2D eigenvalue weighted by Crippen LogP contribution is -2.27. The van der Waals surface area contributed by atoms with E-state index >= 15 is 0 Å². The quantitative estimate of drug-likeness (QED) is 0.462. The van der Waals surface area contributed by atoms with Crippen LogP contribution in [0.1, 0.15) is 84.0 Å². The van der Waals surface area contributed by atoms with Gasteiger partial charge in [-0.2, -0.15) is 5.26 Å². The van der Waals surface area contributed by atoms with Gasteiger partial charge < -0.3 is 0 Å². The number of nitrogens with zero attached hydrogens (tertiary/aromatic N) is 1. The van der Waals surface area contributed by atoms with E-state index in [1.807, 2.05) is 0 Å². The van der Waals surface area contributed by atoms with Crippen LogP contribution in [0.5, 0.6) is 0 Å². The van der Waals surface area contributed by atoms with Gasteiger partial charge in [0.05, 0.1) is 11.8 Å². The van der Waals surface area contributed by atoms with Crippen molar-refractivity contribution in [3.63, 3.8) is 0 Å². The van der Waals surface area contributed by atoms with Crippen molar-refractivity contribution >= 4 is 10.0 Å². The molecule has 0 heterocycles. The third kappa shape index (κ3) is 15.6. The van der Waals surface area contributed by atoms with Gasteiger partial charge in [-0.25, -0.2) is 13.1 Å². The third-order valence-electron chi connectivity index (χ3n) is 3.55. The maximum absolute atomic E-state index is 11.7. The smallest absolute Gasteiger partial charge is 0.211 e. The molecule has 0 aliphatic rings. The van der Waals surface area contributed by atoms with E-state index in [4.69, 9.17) is 5.26 Å². The van der Waals surface area contributed by atoms with Gasteiger partial charge in [-0.15, -0.1) is 0 Å². The van der Waals surface area contributed by atoms with Crippen molar-refractivity contribution in [1.29, 1.82) is 5.26 Å². The Kier molecular flexibility index (Phi) is 13.9. The first-order valence-electron chi connectivity index (χ1n) is 8.46. The molecule has 0 saturated carbocycles. The summed E-state index contributed by atoms with van der Waals surface area (Å²) < 4.78 is 26.1. The summed E-state index contributed by atoms with van der Waals surface area (Å²) in [6, 6.07) is 2.16. The van der Waals surface area contributed by atoms with E-state index in [0.717, 1.165) is 57.8 Å². The summed E-state index contributed by atoms with van der Waals surface area (Å²) >= 11 is 0. The van der Waals surface area contributed by atoms with E-state index in [-0.39, 0.29) is 5.75 Å². The molecule has 0 fully saturated rings. The van der Waals surface area contributed by atoms with Crippen molar-refractivity contribution < 1.29 is 8.42 Å². The van der Waals surface area contributed by atoms with Crippen LogP contribution in [0.25, 0.3) is 0 Å². The molecule has 0 rings (SSSR count). The highest BCUT2D eigenvalue weighted by Crippen LogP contribution is 2.08. The molecule has 4 nitrogen and oxygen atoms in total. The van der Waals surface area contributed by atoms with E-state index in [2.05, 4.69) is 17.7 Å². The number of sulfonamides is 1. The van der Waals surface area contributed by atoms with Crippen LogP contribution < -0.4 is 4.72 Å². The van der Waals surface area contributed by atoms with Crippen molar-refractivity contribution in [3.05, 3.63) is 0 Å². The summed E-state index contributed by atoms with van der Waals surface area (Å²) in [7, 11) is -3.05. The molecule has 0 unspecified atom stereocenters. The van der Waals surface area contributed by atoms with Crippen molar-refractivity contribution in [3.8, 4) is 6.07 Å². The average Bonchev–Trinajstić information content (AvgIpc) is 2.45. The number of rotatable bonds is 15. The van der Waals surface area contributed by atoms with E-state index in [1.165, 1.54) is 12.8 Å². The fourth-order valence-corrected chi connectivity index (χ4v) is 3.42. The summed E-state index contributed by atoms with van der Waals surface area (Å²) in [5.41, 5.74) is 0. The van der Waals surface area contributed by atoms with Crippen molar-refractivity contribution in [2.75, 3.05) is 12.3 Å². The van der Waals surface area contributed by atoms with Crippen molar-refractivity contribution in [2.24, 2.45) is 0 Å². The Morgan fingerprint density at radius 1 is 0.857 bits per heavy atom. The van der Waals surface area contributed by atoms with E-state index in [9.17, 15) is 8.42 Å². The molecule has 0 saturated heterocycles. The van der Waals surface area contributed by atoms with Gasteiger partial charge in [-0.05, 0) is 19.3 Å². The molecule has 0 amide bonds. The average molecular weight is 317 g/mol. The maximum Gasteiger partial charge on any atom is 0.211 e. The predicted octanol–water partition coefficient (Wildman–Crippen LogP) is 4.13. The first-order valence-corrected chi connectivity index (χ1v) is 10.1. The summed E-state index contributed by atoms with van der Waals surface area (Å²) in [6.07, 6.45) is 12.4. The lowest BCUT2D eigenvalue weighted by atomic mass is 10.1. The Labute approximate surface area is 131 Å². The Balaban J connectivity index is 3.35. The Morgan fingerprint density at radius 2 is 1.43 bits per heavy atom. The molecule has 5 heteroatoms. The Morgan fingerprint density at radius 3 is 2.05 bits per heavy atom. The van der Waals surface area contributed by atoms with Crippen molar-refractivity contribution in [1.82, 2.24) is 4.72 Å². The molecule has 0 aromatic carbocycles. The van der Waals surface area contributed by atoms with Crippen LogP contribution in [-0.2, 0) is 10.0 Å². The third-order valence-corrected chi connectivity index (χ3v) is 5.02. The van der Waals surface area contributed by atoms with Gasteiger partial charge in [-0.1, -0.05) is 58.3 Å². The van der Waals surface area contributed by atoms with Gasteiger partial charge in [-0.3, -0.25) is 0 Å². The van der Waals surface area contributed by atoms with Crippen LogP contribution in [0.3, 0.4) is 0 Å². The van der Waals surface area contributed by atoms with Gasteiger partial charge >= 0.3 is 0 Å². The van der Waals surface area contributed by atoms with Gasteiger partial charge in [0.15, 0.2) is 0 Å². The van der Waals surface area contributed by atoms with Crippen LogP contribution in [0.15, 0.2) is 0 Å². The van der Waals surface area contributed by atoms with Crippen LogP contribution in [0.4, 0.5) is 0 Å². The zero-order valence-corrected chi connectivity index (χ0v) is 14.4.